The number of hydrogen-bond donors (Lipinski definition) is 1. The van der Waals surface area contributed by atoms with Gasteiger partial charge in [0.2, 0.25) is 5.91 Å². The van der Waals surface area contributed by atoms with Crippen LogP contribution in [0.15, 0.2) is 30.7 Å². The highest BCUT2D eigenvalue weighted by atomic mass is 16.5. The molecule has 0 aliphatic carbocycles. The monoisotopic (exact) mass is 352 g/mol. The molecule has 136 valence electrons. The number of aromatic nitrogens is 2. The van der Waals surface area contributed by atoms with Crippen LogP contribution >= 0.6 is 0 Å². The Morgan fingerprint density at radius 1 is 1.19 bits per heavy atom. The first-order chi connectivity index (χ1) is 12.7. The van der Waals surface area contributed by atoms with Crippen molar-refractivity contribution in [3.63, 3.8) is 0 Å². The quantitative estimate of drug-likeness (QED) is 0.920. The zero-order valence-electron chi connectivity index (χ0n) is 15.1. The molecule has 1 N–H and O–H groups in total. The molecule has 0 aromatic carbocycles. The van der Waals surface area contributed by atoms with Gasteiger partial charge in [0.1, 0.15) is 17.7 Å². The Bertz CT molecular complexity index is 800. The van der Waals surface area contributed by atoms with E-state index in [1.807, 2.05) is 23.4 Å². The number of anilines is 1. The maximum atomic E-state index is 11.4. The van der Waals surface area contributed by atoms with Gasteiger partial charge in [-0.15, -0.1) is 0 Å². The number of aryl methyl sites for hydroxylation is 1. The summed E-state index contributed by atoms with van der Waals surface area (Å²) >= 11 is 0. The first-order valence-electron chi connectivity index (χ1n) is 9.29. The maximum absolute atomic E-state index is 11.4. The molecular formula is C20H24N4O2. The molecule has 2 aliphatic rings. The highest BCUT2D eigenvalue weighted by molar-refractivity contribution is 5.73. The molecule has 2 aromatic heterocycles. The summed E-state index contributed by atoms with van der Waals surface area (Å²) in [5, 5.41) is 3.34. The van der Waals surface area contributed by atoms with Crippen molar-refractivity contribution in [2.24, 2.45) is 0 Å². The largest absolute Gasteiger partial charge is 0.489 e. The van der Waals surface area contributed by atoms with Crippen molar-refractivity contribution in [1.82, 2.24) is 14.9 Å². The van der Waals surface area contributed by atoms with Crippen LogP contribution in [-0.4, -0.2) is 46.5 Å². The first-order valence-corrected chi connectivity index (χ1v) is 9.29. The Morgan fingerprint density at radius 3 is 2.81 bits per heavy atom. The fourth-order valence-electron chi connectivity index (χ4n) is 3.63. The molecule has 1 saturated heterocycles. The van der Waals surface area contributed by atoms with Crippen molar-refractivity contribution < 1.29 is 9.53 Å². The molecule has 6 heteroatoms. The molecule has 4 heterocycles. The van der Waals surface area contributed by atoms with E-state index in [1.165, 1.54) is 5.56 Å². The van der Waals surface area contributed by atoms with E-state index in [-0.39, 0.29) is 12.0 Å². The van der Waals surface area contributed by atoms with Gasteiger partial charge in [-0.1, -0.05) is 0 Å². The summed E-state index contributed by atoms with van der Waals surface area (Å²) < 4.78 is 6.12. The molecule has 4 rings (SSSR count). The van der Waals surface area contributed by atoms with E-state index in [9.17, 15) is 4.79 Å². The molecule has 2 aliphatic heterocycles. The van der Waals surface area contributed by atoms with Crippen molar-refractivity contribution in [1.29, 1.82) is 0 Å². The van der Waals surface area contributed by atoms with Gasteiger partial charge in [0.05, 0.1) is 6.20 Å². The Balaban J connectivity index is 1.46. The summed E-state index contributed by atoms with van der Waals surface area (Å²) in [5.41, 5.74) is 3.35. The molecule has 1 amide bonds. The van der Waals surface area contributed by atoms with Crippen LogP contribution in [0, 0.1) is 0 Å². The second-order valence-corrected chi connectivity index (χ2v) is 6.99. The third-order valence-corrected chi connectivity index (χ3v) is 5.12. The Hall–Kier alpha value is -2.63. The molecule has 1 fully saturated rings. The summed E-state index contributed by atoms with van der Waals surface area (Å²) in [6.45, 7) is 4.13. The lowest BCUT2D eigenvalue weighted by atomic mass is 10.0. The standard InChI is InChI=1S/C20H24N4O2/c1-14(25)24-7-4-18(5-8-24)26-19-10-17(11-21-13-19)16-9-15-3-2-6-22-20(15)23-12-16/h9-13,18H,2-8H2,1H3,(H,22,23). The van der Waals surface area contributed by atoms with Gasteiger partial charge in [0.25, 0.3) is 0 Å². The van der Waals surface area contributed by atoms with Crippen LogP contribution in [0.3, 0.4) is 0 Å². The van der Waals surface area contributed by atoms with Crippen LogP contribution in [-0.2, 0) is 11.2 Å². The Kier molecular flexibility index (Phi) is 4.73. The average Bonchev–Trinajstić information content (AvgIpc) is 2.68. The minimum Gasteiger partial charge on any atom is -0.489 e. The highest BCUT2D eigenvalue weighted by Crippen LogP contribution is 2.28. The van der Waals surface area contributed by atoms with Gasteiger partial charge in [-0.25, -0.2) is 4.98 Å². The number of nitrogens with one attached hydrogen (secondary N) is 1. The van der Waals surface area contributed by atoms with Gasteiger partial charge in [0.15, 0.2) is 0 Å². The Morgan fingerprint density at radius 2 is 2.00 bits per heavy atom. The van der Waals surface area contributed by atoms with Crippen LogP contribution in [0.2, 0.25) is 0 Å². The fourth-order valence-corrected chi connectivity index (χ4v) is 3.63. The van der Waals surface area contributed by atoms with E-state index in [4.69, 9.17) is 4.74 Å². The molecule has 0 atom stereocenters. The van der Waals surface area contributed by atoms with Crippen molar-refractivity contribution in [3.8, 4) is 16.9 Å². The molecule has 2 aromatic rings. The number of nitrogens with zero attached hydrogens (tertiary/aromatic N) is 3. The smallest absolute Gasteiger partial charge is 0.219 e. The van der Waals surface area contributed by atoms with Crippen LogP contribution in [0.5, 0.6) is 5.75 Å². The predicted molar refractivity (Wildman–Crippen MR) is 100 cm³/mol. The van der Waals surface area contributed by atoms with E-state index in [1.54, 1.807) is 13.1 Å². The number of hydrogen-bond acceptors (Lipinski definition) is 5. The number of ether oxygens (including phenoxy) is 1. The molecule has 0 saturated carbocycles. The van der Waals surface area contributed by atoms with Gasteiger partial charge in [0, 0.05) is 62.9 Å². The second kappa shape index (κ2) is 7.32. The third-order valence-electron chi connectivity index (χ3n) is 5.12. The van der Waals surface area contributed by atoms with Crippen molar-refractivity contribution in [2.75, 3.05) is 25.0 Å². The lowest BCUT2D eigenvalue weighted by molar-refractivity contribution is -0.130. The number of carbonyl (C=O) groups excluding carboxylic acids is 1. The van der Waals surface area contributed by atoms with E-state index in [2.05, 4.69) is 21.4 Å². The lowest BCUT2D eigenvalue weighted by Crippen LogP contribution is -2.40. The third kappa shape index (κ3) is 3.64. The van der Waals surface area contributed by atoms with Gasteiger partial charge < -0.3 is 15.0 Å². The molecule has 0 unspecified atom stereocenters. The molecule has 0 spiro atoms. The second-order valence-electron chi connectivity index (χ2n) is 6.99. The van der Waals surface area contributed by atoms with Crippen molar-refractivity contribution in [2.45, 2.75) is 38.7 Å². The average molecular weight is 352 g/mol. The number of pyridine rings is 2. The number of amides is 1. The van der Waals surface area contributed by atoms with Crippen molar-refractivity contribution >= 4 is 11.7 Å². The number of fused-ring (bicyclic) bond motifs is 1. The minimum absolute atomic E-state index is 0.133. The minimum atomic E-state index is 0.133. The summed E-state index contributed by atoms with van der Waals surface area (Å²) in [6, 6.07) is 4.23. The first kappa shape index (κ1) is 16.8. The van der Waals surface area contributed by atoms with Crippen molar-refractivity contribution in [3.05, 3.63) is 36.3 Å². The van der Waals surface area contributed by atoms with E-state index in [0.29, 0.717) is 0 Å². The number of piperidine rings is 1. The summed E-state index contributed by atoms with van der Waals surface area (Å²) in [6.07, 6.45) is 9.54. The Labute approximate surface area is 153 Å². The normalized spacial score (nSPS) is 17.3. The lowest BCUT2D eigenvalue weighted by Gasteiger charge is -2.31. The summed E-state index contributed by atoms with van der Waals surface area (Å²) in [7, 11) is 0. The predicted octanol–water partition coefficient (Wildman–Crippen LogP) is 2.89. The van der Waals surface area contributed by atoms with Crippen LogP contribution in [0.25, 0.3) is 11.1 Å². The number of carbonyl (C=O) groups is 1. The SMILES string of the molecule is CC(=O)N1CCC(Oc2cncc(-c3cnc4c(c3)CCCN4)c2)CC1. The zero-order valence-corrected chi connectivity index (χ0v) is 15.1. The fraction of sp³-hybridized carbons (Fsp3) is 0.450. The van der Waals surface area contributed by atoms with Crippen LogP contribution in [0.1, 0.15) is 31.7 Å². The van der Waals surface area contributed by atoms with Crippen LogP contribution in [0.4, 0.5) is 5.82 Å². The molecule has 0 bridgehead atoms. The van der Waals surface area contributed by atoms with Gasteiger partial charge in [-0.2, -0.15) is 0 Å². The molecule has 6 nitrogen and oxygen atoms in total. The number of likely N-dealkylation sites (tertiary alicyclic amines) is 1. The van der Waals surface area contributed by atoms with E-state index >= 15 is 0 Å². The number of rotatable bonds is 3. The molecule has 26 heavy (non-hydrogen) atoms. The highest BCUT2D eigenvalue weighted by Gasteiger charge is 2.22. The van der Waals surface area contributed by atoms with E-state index in [0.717, 1.165) is 68.0 Å². The van der Waals surface area contributed by atoms with Gasteiger partial charge in [-0.3, -0.25) is 9.78 Å². The zero-order chi connectivity index (χ0) is 17.9. The van der Waals surface area contributed by atoms with Gasteiger partial charge >= 0.3 is 0 Å². The van der Waals surface area contributed by atoms with Crippen LogP contribution < -0.4 is 10.1 Å². The molecule has 0 radical (unpaired) electrons. The summed E-state index contributed by atoms with van der Waals surface area (Å²) in [5.74, 6) is 1.92. The molecular weight excluding hydrogens is 328 g/mol. The van der Waals surface area contributed by atoms with E-state index < -0.39 is 0 Å². The maximum Gasteiger partial charge on any atom is 0.219 e. The summed E-state index contributed by atoms with van der Waals surface area (Å²) in [4.78, 5) is 22.2. The van der Waals surface area contributed by atoms with Gasteiger partial charge in [-0.05, 0) is 30.5 Å². The topological polar surface area (TPSA) is 67.4 Å².